The van der Waals surface area contributed by atoms with Gasteiger partial charge in [-0.25, -0.2) is 9.59 Å². The molecule has 0 saturated carbocycles. The summed E-state index contributed by atoms with van der Waals surface area (Å²) in [5.41, 5.74) is 0.573. The minimum Gasteiger partial charge on any atom is -0.475 e. The van der Waals surface area contributed by atoms with Crippen LogP contribution < -0.4 is 0 Å². The Balaban J connectivity index is 0.000000367. The molecule has 3 aliphatic heterocycles. The lowest BCUT2D eigenvalue weighted by atomic mass is 9.74. The molecule has 0 bridgehead atoms. The van der Waals surface area contributed by atoms with Crippen molar-refractivity contribution in [2.75, 3.05) is 39.3 Å². The van der Waals surface area contributed by atoms with Gasteiger partial charge >= 0.3 is 24.3 Å². The summed E-state index contributed by atoms with van der Waals surface area (Å²) < 4.78 is 63.5. The van der Waals surface area contributed by atoms with Gasteiger partial charge in [0, 0.05) is 57.6 Å². The van der Waals surface area contributed by atoms with E-state index in [-0.39, 0.29) is 17.4 Å². The van der Waals surface area contributed by atoms with Crippen molar-refractivity contribution in [2.45, 2.75) is 51.5 Å². The van der Waals surface area contributed by atoms with Gasteiger partial charge in [-0.2, -0.15) is 26.3 Å². The maximum absolute atomic E-state index is 13.2. The summed E-state index contributed by atoms with van der Waals surface area (Å²) in [6.07, 6.45) is -5.07. The van der Waals surface area contributed by atoms with E-state index in [9.17, 15) is 35.9 Å². The molecule has 1 aromatic heterocycles. The highest BCUT2D eigenvalue weighted by Crippen LogP contribution is 2.49. The summed E-state index contributed by atoms with van der Waals surface area (Å²) in [6.45, 7) is 11.8. The standard InChI is InChI=1S/C22H32N4O2.2C2HF3O2/c1-4-26-21(28)18-14-24(13-16(2)3)15-19(18)22(26)7-10-25(11-8-22)20(27)17-6-5-9-23-12-17;2*3-2(4,5)1(6)7/h5-6,9,12,16,18-19H,4,7-8,10-11,13-15H2,1-3H3;2*(H,6,7)/t18-,19+;;/m0../s1. The van der Waals surface area contributed by atoms with Gasteiger partial charge in [0.15, 0.2) is 0 Å². The third kappa shape index (κ3) is 8.32. The van der Waals surface area contributed by atoms with E-state index >= 15 is 0 Å². The Morgan fingerprint density at radius 1 is 1.02 bits per heavy atom. The number of carboxylic acids is 2. The molecule has 1 aromatic rings. The number of amides is 2. The van der Waals surface area contributed by atoms with E-state index in [1.165, 1.54) is 0 Å². The maximum atomic E-state index is 13.2. The van der Waals surface area contributed by atoms with E-state index in [0.717, 1.165) is 39.0 Å². The average molecular weight is 613 g/mol. The Kier molecular flexibility index (Phi) is 11.3. The first kappa shape index (κ1) is 34.8. The molecule has 0 aliphatic carbocycles. The van der Waals surface area contributed by atoms with Crippen molar-refractivity contribution in [1.82, 2.24) is 19.7 Å². The number of rotatable bonds is 4. The molecule has 0 unspecified atom stereocenters. The summed E-state index contributed by atoms with van der Waals surface area (Å²) in [5, 5.41) is 14.2. The van der Waals surface area contributed by atoms with Crippen LogP contribution in [0.4, 0.5) is 26.3 Å². The van der Waals surface area contributed by atoms with E-state index in [1.54, 1.807) is 18.5 Å². The number of fused-ring (bicyclic) bond motifs is 2. The van der Waals surface area contributed by atoms with Gasteiger partial charge in [-0.05, 0) is 37.8 Å². The smallest absolute Gasteiger partial charge is 0.475 e. The van der Waals surface area contributed by atoms with Crippen molar-refractivity contribution < 1.29 is 55.7 Å². The zero-order chi connectivity index (χ0) is 32.0. The number of aliphatic carboxylic acids is 2. The van der Waals surface area contributed by atoms with Gasteiger partial charge < -0.3 is 24.9 Å². The summed E-state index contributed by atoms with van der Waals surface area (Å²) in [7, 11) is 0. The fourth-order valence-electron chi connectivity index (χ4n) is 5.85. The number of pyridine rings is 1. The molecule has 3 aliphatic rings. The molecule has 1 spiro atoms. The topological polar surface area (TPSA) is 131 Å². The lowest BCUT2D eigenvalue weighted by molar-refractivity contribution is -0.193. The third-order valence-electron chi connectivity index (χ3n) is 7.46. The molecular weight excluding hydrogens is 578 g/mol. The number of piperidine rings is 1. The minimum atomic E-state index is -5.08. The van der Waals surface area contributed by atoms with Crippen LogP contribution in [-0.4, -0.2) is 111 Å². The molecule has 2 amide bonds. The first-order valence-electron chi connectivity index (χ1n) is 13.2. The highest BCUT2D eigenvalue weighted by molar-refractivity contribution is 5.94. The van der Waals surface area contributed by atoms with E-state index in [2.05, 4.69) is 35.6 Å². The SMILES string of the molecule is CCN1C(=O)[C@H]2CN(CC(C)C)C[C@H]2C12CCN(C(=O)c1cccnc1)CC2.O=C(O)C(F)(F)F.O=C(O)C(F)(F)F. The normalized spacial score (nSPS) is 21.8. The van der Waals surface area contributed by atoms with Crippen LogP contribution in [0.15, 0.2) is 24.5 Å². The Hall–Kier alpha value is -3.43. The lowest BCUT2D eigenvalue weighted by Gasteiger charge is -2.47. The maximum Gasteiger partial charge on any atom is 0.490 e. The quantitative estimate of drug-likeness (QED) is 0.495. The highest BCUT2D eigenvalue weighted by atomic mass is 19.4. The summed E-state index contributed by atoms with van der Waals surface area (Å²) >= 11 is 0. The van der Waals surface area contributed by atoms with Crippen molar-refractivity contribution in [3.05, 3.63) is 30.1 Å². The van der Waals surface area contributed by atoms with Crippen LogP contribution in [0, 0.1) is 17.8 Å². The van der Waals surface area contributed by atoms with Crippen LogP contribution in [0.3, 0.4) is 0 Å². The van der Waals surface area contributed by atoms with E-state index in [0.29, 0.717) is 36.4 Å². The molecular formula is C26H34F6N4O6. The van der Waals surface area contributed by atoms with Crippen LogP contribution in [0.1, 0.15) is 44.0 Å². The van der Waals surface area contributed by atoms with Crippen molar-refractivity contribution >= 4 is 23.8 Å². The molecule has 10 nitrogen and oxygen atoms in total. The van der Waals surface area contributed by atoms with Crippen molar-refractivity contribution in [3.63, 3.8) is 0 Å². The Morgan fingerprint density at radius 2 is 1.55 bits per heavy atom. The molecule has 236 valence electrons. The van der Waals surface area contributed by atoms with Gasteiger partial charge in [-0.3, -0.25) is 14.6 Å². The van der Waals surface area contributed by atoms with Gasteiger partial charge in [0.1, 0.15) is 0 Å². The molecule has 3 saturated heterocycles. The molecule has 4 heterocycles. The number of carbonyl (C=O) groups excluding carboxylic acids is 2. The van der Waals surface area contributed by atoms with Gasteiger partial charge in [0.2, 0.25) is 5.91 Å². The molecule has 3 fully saturated rings. The number of aromatic nitrogens is 1. The number of carboxylic acid groups (broad SMARTS) is 2. The van der Waals surface area contributed by atoms with Crippen LogP contribution in [0.5, 0.6) is 0 Å². The van der Waals surface area contributed by atoms with Gasteiger partial charge in [-0.1, -0.05) is 13.8 Å². The third-order valence-corrected chi connectivity index (χ3v) is 7.46. The van der Waals surface area contributed by atoms with Crippen LogP contribution in [-0.2, 0) is 14.4 Å². The lowest BCUT2D eigenvalue weighted by Crippen LogP contribution is -2.57. The van der Waals surface area contributed by atoms with Crippen LogP contribution >= 0.6 is 0 Å². The monoisotopic (exact) mass is 612 g/mol. The minimum absolute atomic E-state index is 0.0553. The largest absolute Gasteiger partial charge is 0.490 e. The Bertz CT molecular complexity index is 1080. The predicted molar refractivity (Wildman–Crippen MR) is 135 cm³/mol. The molecule has 0 radical (unpaired) electrons. The number of alkyl halides is 6. The van der Waals surface area contributed by atoms with Crippen LogP contribution in [0.25, 0.3) is 0 Å². The van der Waals surface area contributed by atoms with Gasteiger partial charge in [-0.15, -0.1) is 0 Å². The van der Waals surface area contributed by atoms with E-state index < -0.39 is 24.3 Å². The van der Waals surface area contributed by atoms with Crippen molar-refractivity contribution in [2.24, 2.45) is 17.8 Å². The van der Waals surface area contributed by atoms with Crippen molar-refractivity contribution in [1.29, 1.82) is 0 Å². The predicted octanol–water partition coefficient (Wildman–Crippen LogP) is 3.39. The van der Waals surface area contributed by atoms with Gasteiger partial charge in [0.05, 0.1) is 17.0 Å². The molecule has 2 atom stereocenters. The number of halogens is 6. The van der Waals surface area contributed by atoms with Crippen LogP contribution in [0.2, 0.25) is 0 Å². The summed E-state index contributed by atoms with van der Waals surface area (Å²) in [4.78, 5) is 54.4. The van der Waals surface area contributed by atoms with Gasteiger partial charge in [0.25, 0.3) is 5.91 Å². The molecule has 42 heavy (non-hydrogen) atoms. The number of hydrogen-bond acceptors (Lipinski definition) is 6. The molecule has 0 aromatic carbocycles. The number of nitrogens with zero attached hydrogens (tertiary/aromatic N) is 4. The second kappa shape index (κ2) is 13.7. The van der Waals surface area contributed by atoms with E-state index in [4.69, 9.17) is 19.8 Å². The molecule has 4 rings (SSSR count). The summed E-state index contributed by atoms with van der Waals surface area (Å²) in [5.74, 6) is -3.97. The Labute approximate surface area is 238 Å². The molecule has 2 N–H and O–H groups in total. The van der Waals surface area contributed by atoms with Crippen molar-refractivity contribution in [3.8, 4) is 0 Å². The molecule has 16 heteroatoms. The zero-order valence-electron chi connectivity index (χ0n) is 23.3. The average Bonchev–Trinajstić information content (AvgIpc) is 3.40. The zero-order valence-corrected chi connectivity index (χ0v) is 23.3. The van der Waals surface area contributed by atoms with E-state index in [1.807, 2.05) is 11.0 Å². The number of carbonyl (C=O) groups is 4. The first-order chi connectivity index (χ1) is 19.3. The Morgan fingerprint density at radius 3 is 1.95 bits per heavy atom. The second-order valence-corrected chi connectivity index (χ2v) is 10.7. The number of likely N-dealkylation sites (tertiary alicyclic amines) is 3. The first-order valence-corrected chi connectivity index (χ1v) is 13.2. The second-order valence-electron chi connectivity index (χ2n) is 10.7. The fraction of sp³-hybridized carbons (Fsp3) is 0.654. The highest BCUT2D eigenvalue weighted by Gasteiger charge is 2.61. The number of hydrogen-bond donors (Lipinski definition) is 2. The summed E-state index contributed by atoms with van der Waals surface area (Å²) in [6, 6.07) is 3.63. The fourth-order valence-corrected chi connectivity index (χ4v) is 5.85.